The highest BCUT2D eigenvalue weighted by atomic mass is 16.2. The number of rotatable bonds is 1. The minimum Gasteiger partial charge on any atom is -0.338 e. The van der Waals surface area contributed by atoms with Gasteiger partial charge in [-0.2, -0.15) is 5.26 Å². The van der Waals surface area contributed by atoms with Gasteiger partial charge in [-0.25, -0.2) is 0 Å². The summed E-state index contributed by atoms with van der Waals surface area (Å²) in [5.41, 5.74) is 0.157. The molecular weight excluding hydrogens is 188 g/mol. The fourth-order valence-corrected chi connectivity index (χ4v) is 1.67. The van der Waals surface area contributed by atoms with Gasteiger partial charge in [-0.15, -0.1) is 0 Å². The number of likely N-dealkylation sites (tertiary alicyclic amines) is 1. The van der Waals surface area contributed by atoms with E-state index in [9.17, 15) is 4.79 Å². The number of nitrogens with zero attached hydrogens (tertiary/aromatic N) is 2. The topological polar surface area (TPSA) is 44.1 Å². The highest BCUT2D eigenvalue weighted by molar-refractivity contribution is 5.97. The molecule has 1 amide bonds. The molecule has 0 aliphatic carbocycles. The first kappa shape index (κ1) is 11.8. The maximum atomic E-state index is 11.9. The molecule has 1 aliphatic heterocycles. The smallest absolute Gasteiger partial charge is 0.264 e. The van der Waals surface area contributed by atoms with Crippen molar-refractivity contribution < 1.29 is 4.79 Å². The lowest BCUT2D eigenvalue weighted by Crippen LogP contribution is -2.29. The largest absolute Gasteiger partial charge is 0.338 e. The van der Waals surface area contributed by atoms with Crippen LogP contribution in [0, 0.1) is 16.7 Å². The van der Waals surface area contributed by atoms with Crippen LogP contribution in [0.1, 0.15) is 33.6 Å². The van der Waals surface area contributed by atoms with E-state index in [1.165, 1.54) is 0 Å². The van der Waals surface area contributed by atoms with E-state index in [0.717, 1.165) is 25.9 Å². The Bertz CT molecular complexity index is 311. The van der Waals surface area contributed by atoms with Crippen molar-refractivity contribution in [2.24, 2.45) is 5.41 Å². The molecule has 0 bridgehead atoms. The zero-order valence-corrected chi connectivity index (χ0v) is 9.71. The molecule has 0 N–H and O–H groups in total. The van der Waals surface area contributed by atoms with Gasteiger partial charge in [0.05, 0.1) is 0 Å². The summed E-state index contributed by atoms with van der Waals surface area (Å²) < 4.78 is 0. The third kappa shape index (κ3) is 3.39. The SMILES string of the molecule is CC(C)(C)C=C(C#N)C(=O)N1CCCC1. The molecule has 15 heavy (non-hydrogen) atoms. The van der Waals surface area contributed by atoms with Gasteiger partial charge in [-0.1, -0.05) is 26.8 Å². The fourth-order valence-electron chi connectivity index (χ4n) is 1.67. The number of hydrogen-bond donors (Lipinski definition) is 0. The summed E-state index contributed by atoms with van der Waals surface area (Å²) in [4.78, 5) is 13.7. The lowest BCUT2D eigenvalue weighted by Gasteiger charge is -2.17. The van der Waals surface area contributed by atoms with Gasteiger partial charge in [0.1, 0.15) is 11.6 Å². The van der Waals surface area contributed by atoms with Crippen LogP contribution in [0.5, 0.6) is 0 Å². The molecule has 3 heteroatoms. The van der Waals surface area contributed by atoms with E-state index in [0.29, 0.717) is 0 Å². The lowest BCUT2D eigenvalue weighted by atomic mass is 9.93. The van der Waals surface area contributed by atoms with Crippen LogP contribution in [-0.4, -0.2) is 23.9 Å². The van der Waals surface area contributed by atoms with Crippen molar-refractivity contribution in [2.45, 2.75) is 33.6 Å². The quantitative estimate of drug-likeness (QED) is 0.487. The summed E-state index contributed by atoms with van der Waals surface area (Å²) in [7, 11) is 0. The Hall–Kier alpha value is -1.30. The van der Waals surface area contributed by atoms with Gasteiger partial charge in [0.2, 0.25) is 0 Å². The number of carbonyl (C=O) groups excluding carboxylic acids is 1. The number of hydrogen-bond acceptors (Lipinski definition) is 2. The molecule has 3 nitrogen and oxygen atoms in total. The first-order valence-electron chi connectivity index (χ1n) is 5.36. The molecule has 0 spiro atoms. The molecule has 1 rings (SSSR count). The highest BCUT2D eigenvalue weighted by Crippen LogP contribution is 2.19. The molecule has 0 aromatic heterocycles. The standard InChI is InChI=1S/C12H18N2O/c1-12(2,3)8-10(9-13)11(15)14-6-4-5-7-14/h8H,4-7H2,1-3H3. The predicted octanol–water partition coefficient (Wildman–Crippen LogP) is 2.10. The monoisotopic (exact) mass is 206 g/mol. The second kappa shape index (κ2) is 4.48. The van der Waals surface area contributed by atoms with E-state index in [-0.39, 0.29) is 16.9 Å². The van der Waals surface area contributed by atoms with E-state index >= 15 is 0 Å². The molecule has 1 heterocycles. The summed E-state index contributed by atoms with van der Waals surface area (Å²) in [6.07, 6.45) is 3.87. The van der Waals surface area contributed by atoms with E-state index in [2.05, 4.69) is 0 Å². The number of nitriles is 1. The van der Waals surface area contributed by atoms with Crippen molar-refractivity contribution in [3.05, 3.63) is 11.6 Å². The molecule has 0 unspecified atom stereocenters. The van der Waals surface area contributed by atoms with Gasteiger partial charge in [0.15, 0.2) is 0 Å². The van der Waals surface area contributed by atoms with Gasteiger partial charge >= 0.3 is 0 Å². The van der Waals surface area contributed by atoms with Crippen molar-refractivity contribution in [1.29, 1.82) is 5.26 Å². The van der Waals surface area contributed by atoms with E-state index in [1.54, 1.807) is 11.0 Å². The summed E-state index contributed by atoms with van der Waals surface area (Å²) in [6, 6.07) is 2.01. The van der Waals surface area contributed by atoms with Crippen LogP contribution >= 0.6 is 0 Å². The Balaban J connectivity index is 2.80. The van der Waals surface area contributed by atoms with Gasteiger partial charge in [-0.3, -0.25) is 4.79 Å². The summed E-state index contributed by atoms with van der Waals surface area (Å²) in [5, 5.41) is 8.95. The van der Waals surface area contributed by atoms with E-state index in [1.807, 2.05) is 26.8 Å². The second-order valence-corrected chi connectivity index (χ2v) is 5.04. The Labute approximate surface area is 91.4 Å². The van der Waals surface area contributed by atoms with Crippen LogP contribution in [-0.2, 0) is 4.79 Å². The minimum atomic E-state index is -0.125. The van der Waals surface area contributed by atoms with Crippen molar-refractivity contribution in [1.82, 2.24) is 4.90 Å². The van der Waals surface area contributed by atoms with Crippen molar-refractivity contribution in [2.75, 3.05) is 13.1 Å². The minimum absolute atomic E-state index is 0.107. The third-order valence-corrected chi connectivity index (χ3v) is 2.32. The van der Waals surface area contributed by atoms with Gasteiger partial charge < -0.3 is 4.90 Å². The molecule has 1 aliphatic rings. The van der Waals surface area contributed by atoms with Crippen molar-refractivity contribution >= 4 is 5.91 Å². The van der Waals surface area contributed by atoms with Gasteiger partial charge in [0, 0.05) is 13.1 Å². The maximum absolute atomic E-state index is 11.9. The molecule has 0 aromatic rings. The Morgan fingerprint density at radius 2 is 1.87 bits per heavy atom. The van der Waals surface area contributed by atoms with E-state index < -0.39 is 0 Å². The molecule has 0 saturated carbocycles. The summed E-state index contributed by atoms with van der Waals surface area (Å²) >= 11 is 0. The molecule has 82 valence electrons. The van der Waals surface area contributed by atoms with Crippen molar-refractivity contribution in [3.8, 4) is 6.07 Å². The lowest BCUT2D eigenvalue weighted by molar-refractivity contribution is -0.125. The maximum Gasteiger partial charge on any atom is 0.264 e. The zero-order chi connectivity index (χ0) is 11.5. The van der Waals surface area contributed by atoms with Gasteiger partial charge in [-0.05, 0) is 18.3 Å². The fraction of sp³-hybridized carbons (Fsp3) is 0.667. The van der Waals surface area contributed by atoms with Crippen LogP contribution in [0.15, 0.2) is 11.6 Å². The summed E-state index contributed by atoms with van der Waals surface area (Å²) in [5.74, 6) is -0.107. The number of allylic oxidation sites excluding steroid dienone is 1. The normalized spacial score (nSPS) is 17.7. The van der Waals surface area contributed by atoms with Gasteiger partial charge in [0.25, 0.3) is 5.91 Å². The predicted molar refractivity (Wildman–Crippen MR) is 59.0 cm³/mol. The molecule has 0 radical (unpaired) electrons. The average molecular weight is 206 g/mol. The van der Waals surface area contributed by atoms with Crippen LogP contribution in [0.2, 0.25) is 0 Å². The first-order valence-corrected chi connectivity index (χ1v) is 5.36. The Kier molecular flexibility index (Phi) is 3.52. The molecule has 1 fully saturated rings. The molecule has 1 saturated heterocycles. The first-order chi connectivity index (χ1) is 6.94. The van der Waals surface area contributed by atoms with Crippen LogP contribution in [0.25, 0.3) is 0 Å². The molecule has 0 atom stereocenters. The van der Waals surface area contributed by atoms with Crippen molar-refractivity contribution in [3.63, 3.8) is 0 Å². The van der Waals surface area contributed by atoms with Crippen LogP contribution < -0.4 is 0 Å². The molecular formula is C12H18N2O. The highest BCUT2D eigenvalue weighted by Gasteiger charge is 2.22. The van der Waals surface area contributed by atoms with E-state index in [4.69, 9.17) is 5.26 Å². The average Bonchev–Trinajstić information content (AvgIpc) is 2.64. The van der Waals surface area contributed by atoms with Crippen LogP contribution in [0.3, 0.4) is 0 Å². The Morgan fingerprint density at radius 3 is 2.27 bits per heavy atom. The molecule has 0 aromatic carbocycles. The Morgan fingerprint density at radius 1 is 1.33 bits per heavy atom. The third-order valence-electron chi connectivity index (χ3n) is 2.32. The number of carbonyl (C=O) groups is 1. The van der Waals surface area contributed by atoms with Crippen LogP contribution in [0.4, 0.5) is 0 Å². The second-order valence-electron chi connectivity index (χ2n) is 5.04. The number of amides is 1. The summed E-state index contributed by atoms with van der Waals surface area (Å²) in [6.45, 7) is 7.55. The zero-order valence-electron chi connectivity index (χ0n) is 9.71.